The molecule has 130 valence electrons. The van der Waals surface area contributed by atoms with E-state index in [0.29, 0.717) is 11.6 Å². The van der Waals surface area contributed by atoms with Crippen LogP contribution in [0.2, 0.25) is 0 Å². The van der Waals surface area contributed by atoms with E-state index in [1.807, 2.05) is 32.3 Å². The number of pyridine rings is 1. The highest BCUT2D eigenvalue weighted by Crippen LogP contribution is 2.29. The van der Waals surface area contributed by atoms with Gasteiger partial charge < -0.3 is 9.72 Å². The van der Waals surface area contributed by atoms with Crippen LogP contribution in [0.15, 0.2) is 36.9 Å². The maximum atomic E-state index is 14.3. The minimum Gasteiger partial charge on any atom is -0.354 e. The minimum absolute atomic E-state index is 0. The number of hydrogen-bond acceptors (Lipinski definition) is 4. The molecule has 1 fully saturated rings. The Morgan fingerprint density at radius 2 is 2.28 bits per heavy atom. The van der Waals surface area contributed by atoms with Crippen molar-refractivity contribution in [3.05, 3.63) is 59.6 Å². The molecule has 4 rings (SSSR count). The number of aromatic nitrogens is 4. The summed E-state index contributed by atoms with van der Waals surface area (Å²) in [6, 6.07) is 1.51. The van der Waals surface area contributed by atoms with Crippen LogP contribution in [0.25, 0.3) is 11.2 Å². The molecule has 0 aromatic carbocycles. The Morgan fingerprint density at radius 3 is 3.00 bits per heavy atom. The van der Waals surface area contributed by atoms with Crippen molar-refractivity contribution >= 4 is 17.2 Å². The van der Waals surface area contributed by atoms with Gasteiger partial charge in [-0.1, -0.05) is 6.08 Å². The molecule has 3 aromatic heterocycles. The molecule has 6 heteroatoms. The number of nitrogens with zero attached hydrogens (tertiary/aromatic N) is 4. The third-order valence-electron chi connectivity index (χ3n) is 4.56. The van der Waals surface area contributed by atoms with Gasteiger partial charge in [0.15, 0.2) is 11.5 Å². The SMILES string of the molecule is C/C=C(/c1cc(F)c2nccn2c1)c1cnc(NCC2CC2)nc1C.[HH]. The average Bonchev–Trinajstić information content (AvgIpc) is 3.31. The molecule has 0 unspecified atom stereocenters. The van der Waals surface area contributed by atoms with Gasteiger partial charge in [0, 0.05) is 43.9 Å². The Labute approximate surface area is 147 Å². The summed E-state index contributed by atoms with van der Waals surface area (Å²) in [6.07, 6.45) is 11.5. The van der Waals surface area contributed by atoms with E-state index in [1.165, 1.54) is 18.9 Å². The van der Waals surface area contributed by atoms with Gasteiger partial charge in [-0.3, -0.25) is 0 Å². The Balaban J connectivity index is 0.00000196. The molecule has 5 nitrogen and oxygen atoms in total. The smallest absolute Gasteiger partial charge is 0.222 e. The lowest BCUT2D eigenvalue weighted by molar-refractivity contribution is 0.629. The normalized spacial score (nSPS) is 14.9. The summed E-state index contributed by atoms with van der Waals surface area (Å²) < 4.78 is 16.0. The molecule has 1 N–H and O–H groups in total. The molecule has 25 heavy (non-hydrogen) atoms. The van der Waals surface area contributed by atoms with Gasteiger partial charge in [-0.25, -0.2) is 19.3 Å². The second-order valence-electron chi connectivity index (χ2n) is 6.45. The maximum Gasteiger partial charge on any atom is 0.222 e. The fourth-order valence-corrected chi connectivity index (χ4v) is 2.99. The molecule has 3 heterocycles. The number of hydrogen-bond donors (Lipinski definition) is 1. The number of aryl methyl sites for hydroxylation is 1. The van der Waals surface area contributed by atoms with Gasteiger partial charge in [0.1, 0.15) is 0 Å². The van der Waals surface area contributed by atoms with Gasteiger partial charge in [0.25, 0.3) is 0 Å². The van der Waals surface area contributed by atoms with Crippen molar-refractivity contribution in [2.24, 2.45) is 5.92 Å². The monoisotopic (exact) mass is 339 g/mol. The summed E-state index contributed by atoms with van der Waals surface area (Å²) in [5.41, 5.74) is 3.77. The number of halogens is 1. The summed E-state index contributed by atoms with van der Waals surface area (Å²) in [5, 5.41) is 3.29. The standard InChI is InChI=1S/C19H20FN5.H2/c1-3-15(14-8-17(20)18-21-6-7-25(18)11-14)16-10-23-19(24-12(16)2)22-9-13-4-5-13;/h3,6-8,10-11,13H,4-5,9H2,1-2H3,(H,22,23,24);1H/b15-3-;. The number of anilines is 1. The van der Waals surface area contributed by atoms with E-state index in [0.717, 1.165) is 34.9 Å². The zero-order chi connectivity index (χ0) is 17.4. The van der Waals surface area contributed by atoms with Crippen LogP contribution in [-0.4, -0.2) is 25.9 Å². The molecule has 0 bridgehead atoms. The van der Waals surface area contributed by atoms with E-state index in [4.69, 9.17) is 0 Å². The van der Waals surface area contributed by atoms with Crippen LogP contribution < -0.4 is 5.32 Å². The fraction of sp³-hybridized carbons (Fsp3) is 0.316. The van der Waals surface area contributed by atoms with Crippen LogP contribution in [-0.2, 0) is 0 Å². The quantitative estimate of drug-likeness (QED) is 0.761. The number of nitrogens with one attached hydrogen (secondary N) is 1. The predicted octanol–water partition coefficient (Wildman–Crippen LogP) is 4.09. The van der Waals surface area contributed by atoms with Gasteiger partial charge >= 0.3 is 0 Å². The van der Waals surface area contributed by atoms with E-state index in [2.05, 4.69) is 20.3 Å². The van der Waals surface area contributed by atoms with Crippen molar-refractivity contribution in [1.29, 1.82) is 0 Å². The van der Waals surface area contributed by atoms with E-state index >= 15 is 0 Å². The molecular weight excluding hydrogens is 317 g/mol. The first-order valence-corrected chi connectivity index (χ1v) is 8.52. The molecule has 0 saturated heterocycles. The van der Waals surface area contributed by atoms with Crippen LogP contribution in [0.4, 0.5) is 10.3 Å². The van der Waals surface area contributed by atoms with Crippen LogP contribution in [0.5, 0.6) is 0 Å². The highest BCUT2D eigenvalue weighted by Gasteiger charge is 2.21. The Bertz CT molecular complexity index is 962. The van der Waals surface area contributed by atoms with Crippen LogP contribution in [0.1, 0.15) is 38.0 Å². The zero-order valence-corrected chi connectivity index (χ0v) is 14.3. The van der Waals surface area contributed by atoms with Crippen LogP contribution in [0.3, 0.4) is 0 Å². The second kappa shape index (κ2) is 6.27. The molecule has 0 spiro atoms. The lowest BCUT2D eigenvalue weighted by Gasteiger charge is -2.12. The Kier molecular flexibility index (Phi) is 3.95. The van der Waals surface area contributed by atoms with E-state index in [-0.39, 0.29) is 7.24 Å². The molecule has 3 aromatic rings. The topological polar surface area (TPSA) is 55.1 Å². The van der Waals surface area contributed by atoms with Crippen molar-refractivity contribution < 1.29 is 5.82 Å². The summed E-state index contributed by atoms with van der Waals surface area (Å²) in [6.45, 7) is 4.82. The molecule has 1 aliphatic carbocycles. The maximum absolute atomic E-state index is 14.3. The zero-order valence-electron chi connectivity index (χ0n) is 14.3. The van der Waals surface area contributed by atoms with Gasteiger partial charge in [0.2, 0.25) is 5.95 Å². The lowest BCUT2D eigenvalue weighted by Crippen LogP contribution is -2.08. The van der Waals surface area contributed by atoms with Gasteiger partial charge in [-0.15, -0.1) is 0 Å². The molecule has 1 aliphatic rings. The third-order valence-corrected chi connectivity index (χ3v) is 4.56. The summed E-state index contributed by atoms with van der Waals surface area (Å²) in [7, 11) is 0. The van der Waals surface area contributed by atoms with Crippen LogP contribution in [0, 0.1) is 18.7 Å². The van der Waals surface area contributed by atoms with Gasteiger partial charge in [-0.2, -0.15) is 0 Å². The van der Waals surface area contributed by atoms with Gasteiger partial charge in [-0.05, 0) is 44.2 Å². The van der Waals surface area contributed by atoms with Crippen molar-refractivity contribution in [2.75, 3.05) is 11.9 Å². The Hall–Kier alpha value is -2.76. The van der Waals surface area contributed by atoms with Crippen molar-refractivity contribution in [1.82, 2.24) is 19.4 Å². The van der Waals surface area contributed by atoms with Crippen molar-refractivity contribution in [3.8, 4) is 0 Å². The highest BCUT2D eigenvalue weighted by atomic mass is 19.1. The number of allylic oxidation sites excluding steroid dienone is 1. The van der Waals surface area contributed by atoms with Crippen LogP contribution >= 0.6 is 0 Å². The molecule has 0 atom stereocenters. The summed E-state index contributed by atoms with van der Waals surface area (Å²) >= 11 is 0. The minimum atomic E-state index is -0.344. The molecule has 0 amide bonds. The molecule has 0 radical (unpaired) electrons. The first kappa shape index (κ1) is 15.7. The summed E-state index contributed by atoms with van der Waals surface area (Å²) in [4.78, 5) is 13.0. The van der Waals surface area contributed by atoms with Gasteiger partial charge in [0.05, 0.1) is 5.69 Å². The second-order valence-corrected chi connectivity index (χ2v) is 6.45. The Morgan fingerprint density at radius 1 is 1.44 bits per heavy atom. The van der Waals surface area contributed by atoms with E-state index in [9.17, 15) is 4.39 Å². The number of rotatable bonds is 5. The largest absolute Gasteiger partial charge is 0.354 e. The summed E-state index contributed by atoms with van der Waals surface area (Å²) in [5.74, 6) is 1.07. The predicted molar refractivity (Wildman–Crippen MR) is 98.0 cm³/mol. The first-order valence-electron chi connectivity index (χ1n) is 8.52. The third kappa shape index (κ3) is 3.12. The van der Waals surface area contributed by atoms with Crippen molar-refractivity contribution in [2.45, 2.75) is 26.7 Å². The molecule has 0 aliphatic heterocycles. The fourth-order valence-electron chi connectivity index (χ4n) is 2.99. The average molecular weight is 339 g/mol. The molecular formula is C19H22FN5. The molecule has 1 saturated carbocycles. The number of imidazole rings is 1. The first-order chi connectivity index (χ1) is 12.2. The highest BCUT2D eigenvalue weighted by molar-refractivity contribution is 5.80. The van der Waals surface area contributed by atoms with E-state index in [1.54, 1.807) is 16.8 Å². The van der Waals surface area contributed by atoms with E-state index < -0.39 is 0 Å². The lowest BCUT2D eigenvalue weighted by atomic mass is 9.99. The van der Waals surface area contributed by atoms with Crippen molar-refractivity contribution in [3.63, 3.8) is 0 Å². The number of fused-ring (bicyclic) bond motifs is 1.